The topological polar surface area (TPSA) is 83.9 Å². The van der Waals surface area contributed by atoms with E-state index in [1.807, 2.05) is 18.2 Å². The summed E-state index contributed by atoms with van der Waals surface area (Å²) in [5.41, 5.74) is 8.87. The molecule has 2 atom stereocenters. The normalized spacial score (nSPS) is 18.4. The third-order valence-electron chi connectivity index (χ3n) is 5.31. The summed E-state index contributed by atoms with van der Waals surface area (Å²) in [6.45, 7) is 1.88. The molecule has 1 amide bonds. The summed E-state index contributed by atoms with van der Waals surface area (Å²) >= 11 is 0. The van der Waals surface area contributed by atoms with Crippen LogP contribution in [0.15, 0.2) is 60.8 Å². The van der Waals surface area contributed by atoms with Crippen LogP contribution < -0.4 is 16.2 Å². The van der Waals surface area contributed by atoms with Gasteiger partial charge >= 0.3 is 0 Å². The highest BCUT2D eigenvalue weighted by molar-refractivity contribution is 5.91. The largest absolute Gasteiger partial charge is 0.350 e. The van der Waals surface area contributed by atoms with Crippen molar-refractivity contribution < 1.29 is 9.18 Å². The summed E-state index contributed by atoms with van der Waals surface area (Å²) in [5.74, 6) is -0.365. The van der Waals surface area contributed by atoms with Gasteiger partial charge in [-0.05, 0) is 36.1 Å². The number of amides is 1. The van der Waals surface area contributed by atoms with Crippen molar-refractivity contribution >= 4 is 5.91 Å². The molecule has 4 rings (SSSR count). The second-order valence-electron chi connectivity index (χ2n) is 7.48. The Bertz CT molecular complexity index is 959. The van der Waals surface area contributed by atoms with E-state index in [2.05, 4.69) is 38.6 Å². The van der Waals surface area contributed by atoms with Crippen LogP contribution >= 0.6 is 0 Å². The first kappa shape index (κ1) is 20.2. The first-order valence-electron chi connectivity index (χ1n) is 10.1. The zero-order valence-corrected chi connectivity index (χ0v) is 16.6. The summed E-state index contributed by atoms with van der Waals surface area (Å²) in [6, 6.07) is 16.7. The van der Waals surface area contributed by atoms with Gasteiger partial charge in [0.2, 0.25) is 0 Å². The number of aromatic nitrogens is 3. The molecule has 1 aliphatic heterocycles. The van der Waals surface area contributed by atoms with Crippen molar-refractivity contribution in [3.63, 3.8) is 0 Å². The van der Waals surface area contributed by atoms with Crippen LogP contribution in [0.5, 0.6) is 0 Å². The molecule has 8 heteroatoms. The fourth-order valence-electron chi connectivity index (χ4n) is 3.67. The number of benzene rings is 2. The second-order valence-corrected chi connectivity index (χ2v) is 7.48. The van der Waals surface area contributed by atoms with Gasteiger partial charge in [-0.15, -0.1) is 5.10 Å². The number of nitrogens with one attached hydrogen (secondary N) is 3. The molecule has 1 aliphatic rings. The third-order valence-corrected chi connectivity index (χ3v) is 5.31. The molecule has 0 saturated carbocycles. The Hall–Kier alpha value is -3.10. The second kappa shape index (κ2) is 9.60. The van der Waals surface area contributed by atoms with Gasteiger partial charge in [0.05, 0.1) is 12.2 Å². The van der Waals surface area contributed by atoms with Gasteiger partial charge in [-0.1, -0.05) is 47.7 Å². The maximum atomic E-state index is 13.2. The number of hydrogen-bond donors (Lipinski definition) is 3. The van der Waals surface area contributed by atoms with Crippen LogP contribution in [0.1, 0.15) is 34.1 Å². The van der Waals surface area contributed by atoms with E-state index in [0.717, 1.165) is 18.4 Å². The van der Waals surface area contributed by atoms with Crippen LogP contribution in [-0.2, 0) is 13.0 Å². The minimum atomic E-state index is -0.263. The molecule has 0 aliphatic carbocycles. The van der Waals surface area contributed by atoms with E-state index in [0.29, 0.717) is 25.3 Å². The molecule has 0 radical (unpaired) electrons. The van der Waals surface area contributed by atoms with Gasteiger partial charge in [-0.3, -0.25) is 14.9 Å². The van der Waals surface area contributed by atoms with E-state index in [-0.39, 0.29) is 23.7 Å². The van der Waals surface area contributed by atoms with Crippen molar-refractivity contribution in [3.8, 4) is 0 Å². The zero-order chi connectivity index (χ0) is 20.8. The molecular formula is C22H25FN6O. The molecule has 0 bridgehead atoms. The molecule has 1 aromatic heterocycles. The van der Waals surface area contributed by atoms with Crippen LogP contribution in [0.3, 0.4) is 0 Å². The molecule has 156 valence electrons. The molecule has 2 heterocycles. The SMILES string of the molecule is O=C(NCC1CNNC1c1ccc(F)cc1)c1cn(CCCc2ccccc2)nn1. The van der Waals surface area contributed by atoms with E-state index in [4.69, 9.17) is 0 Å². The maximum Gasteiger partial charge on any atom is 0.273 e. The number of hydrogen-bond acceptors (Lipinski definition) is 5. The molecule has 1 saturated heterocycles. The Balaban J connectivity index is 1.26. The molecule has 2 aromatic carbocycles. The number of carbonyl (C=O) groups is 1. The van der Waals surface area contributed by atoms with E-state index in [1.165, 1.54) is 17.7 Å². The quantitative estimate of drug-likeness (QED) is 0.533. The number of halogens is 1. The van der Waals surface area contributed by atoms with Gasteiger partial charge in [0.1, 0.15) is 5.82 Å². The molecule has 2 unspecified atom stereocenters. The number of carbonyl (C=O) groups excluding carboxylic acids is 1. The summed E-state index contributed by atoms with van der Waals surface area (Å²) in [7, 11) is 0. The molecule has 7 nitrogen and oxygen atoms in total. The lowest BCUT2D eigenvalue weighted by molar-refractivity contribution is 0.0941. The van der Waals surface area contributed by atoms with Crippen molar-refractivity contribution in [2.24, 2.45) is 5.92 Å². The van der Waals surface area contributed by atoms with E-state index in [1.54, 1.807) is 23.0 Å². The molecule has 0 spiro atoms. The van der Waals surface area contributed by atoms with Crippen molar-refractivity contribution in [2.75, 3.05) is 13.1 Å². The van der Waals surface area contributed by atoms with E-state index >= 15 is 0 Å². The fraction of sp³-hybridized carbons (Fsp3) is 0.318. The fourth-order valence-corrected chi connectivity index (χ4v) is 3.67. The standard InChI is InChI=1S/C22H25FN6O/c23-19-10-8-17(9-11-19)21-18(14-25-27-21)13-24-22(30)20-15-29(28-26-20)12-4-7-16-5-2-1-3-6-16/h1-3,5-6,8-11,15,18,21,25,27H,4,7,12-14H2,(H,24,30). The zero-order valence-electron chi connectivity index (χ0n) is 16.6. The van der Waals surface area contributed by atoms with Gasteiger partial charge < -0.3 is 5.32 Å². The van der Waals surface area contributed by atoms with Crippen LogP contribution in [0.2, 0.25) is 0 Å². The van der Waals surface area contributed by atoms with E-state index in [9.17, 15) is 9.18 Å². The molecule has 3 N–H and O–H groups in total. The van der Waals surface area contributed by atoms with Gasteiger partial charge in [-0.25, -0.2) is 9.82 Å². The predicted molar refractivity (Wildman–Crippen MR) is 111 cm³/mol. The summed E-state index contributed by atoms with van der Waals surface area (Å²) in [6.07, 6.45) is 3.56. The van der Waals surface area contributed by atoms with Crippen molar-refractivity contribution in [3.05, 3.63) is 83.4 Å². The lowest BCUT2D eigenvalue weighted by Crippen LogP contribution is -2.33. The van der Waals surface area contributed by atoms with Crippen molar-refractivity contribution in [2.45, 2.75) is 25.4 Å². The smallest absolute Gasteiger partial charge is 0.273 e. The maximum absolute atomic E-state index is 13.2. The van der Waals surface area contributed by atoms with Crippen LogP contribution in [0.4, 0.5) is 4.39 Å². The average Bonchev–Trinajstić information content (AvgIpc) is 3.43. The monoisotopic (exact) mass is 408 g/mol. The minimum absolute atomic E-state index is 0.000399. The highest BCUT2D eigenvalue weighted by Crippen LogP contribution is 2.24. The Labute approximate surface area is 174 Å². The van der Waals surface area contributed by atoms with Crippen molar-refractivity contribution in [1.29, 1.82) is 0 Å². The number of hydrazine groups is 1. The Morgan fingerprint density at radius 1 is 1.17 bits per heavy atom. The summed E-state index contributed by atoms with van der Waals surface area (Å²) < 4.78 is 14.9. The Kier molecular flexibility index (Phi) is 6.46. The van der Waals surface area contributed by atoms with Gasteiger partial charge in [0.15, 0.2) is 5.69 Å². The third kappa shape index (κ3) is 5.08. The van der Waals surface area contributed by atoms with Crippen LogP contribution in [0, 0.1) is 11.7 Å². The van der Waals surface area contributed by atoms with Gasteiger partial charge in [0, 0.05) is 25.6 Å². The lowest BCUT2D eigenvalue weighted by atomic mass is 9.95. The van der Waals surface area contributed by atoms with Gasteiger partial charge in [0.25, 0.3) is 5.91 Å². The lowest BCUT2D eigenvalue weighted by Gasteiger charge is -2.19. The highest BCUT2D eigenvalue weighted by atomic mass is 19.1. The van der Waals surface area contributed by atoms with Crippen LogP contribution in [-0.4, -0.2) is 34.0 Å². The summed E-state index contributed by atoms with van der Waals surface area (Å²) in [4.78, 5) is 12.5. The predicted octanol–water partition coefficient (Wildman–Crippen LogP) is 2.25. The Morgan fingerprint density at radius 3 is 2.77 bits per heavy atom. The molecule has 3 aromatic rings. The first-order valence-corrected chi connectivity index (χ1v) is 10.1. The minimum Gasteiger partial charge on any atom is -0.350 e. The molecular weight excluding hydrogens is 383 g/mol. The number of rotatable bonds is 8. The van der Waals surface area contributed by atoms with Crippen molar-refractivity contribution in [1.82, 2.24) is 31.2 Å². The Morgan fingerprint density at radius 2 is 1.97 bits per heavy atom. The summed E-state index contributed by atoms with van der Waals surface area (Å²) in [5, 5.41) is 11.0. The molecule has 1 fully saturated rings. The van der Waals surface area contributed by atoms with Crippen LogP contribution in [0.25, 0.3) is 0 Å². The average molecular weight is 408 g/mol. The van der Waals surface area contributed by atoms with Gasteiger partial charge in [-0.2, -0.15) is 0 Å². The number of nitrogens with zero attached hydrogens (tertiary/aromatic N) is 3. The molecule has 30 heavy (non-hydrogen) atoms. The van der Waals surface area contributed by atoms with E-state index < -0.39 is 0 Å². The highest BCUT2D eigenvalue weighted by Gasteiger charge is 2.28. The number of aryl methyl sites for hydroxylation is 2. The first-order chi connectivity index (χ1) is 14.7.